The first-order chi connectivity index (χ1) is 10.1. The first-order valence-electron chi connectivity index (χ1n) is 7.24. The smallest absolute Gasteiger partial charge is 0.328 e. The Morgan fingerprint density at radius 1 is 1.33 bits per heavy atom. The van der Waals surface area contributed by atoms with Crippen molar-refractivity contribution in [3.63, 3.8) is 0 Å². The van der Waals surface area contributed by atoms with Crippen LogP contribution in [0.2, 0.25) is 0 Å². The molecule has 1 aliphatic carbocycles. The van der Waals surface area contributed by atoms with Crippen molar-refractivity contribution in [1.29, 1.82) is 0 Å². The van der Waals surface area contributed by atoms with Crippen LogP contribution >= 0.6 is 0 Å². The van der Waals surface area contributed by atoms with Gasteiger partial charge in [0.15, 0.2) is 6.04 Å². The van der Waals surface area contributed by atoms with Gasteiger partial charge in [-0.15, -0.1) is 0 Å². The summed E-state index contributed by atoms with van der Waals surface area (Å²) < 4.78 is 5.81. The van der Waals surface area contributed by atoms with Gasteiger partial charge in [-0.05, 0) is 37.8 Å². The molecule has 21 heavy (non-hydrogen) atoms. The summed E-state index contributed by atoms with van der Waals surface area (Å²) >= 11 is 0. The fourth-order valence-corrected chi connectivity index (χ4v) is 3.29. The molecule has 2 heterocycles. The molecule has 1 N–H and O–H groups in total. The monoisotopic (exact) mass is 290 g/mol. The molecule has 0 aromatic carbocycles. The zero-order chi connectivity index (χ0) is 14.9. The summed E-state index contributed by atoms with van der Waals surface area (Å²) in [5, 5.41) is 9.40. The second-order valence-electron chi connectivity index (χ2n) is 5.59. The van der Waals surface area contributed by atoms with Gasteiger partial charge in [0.1, 0.15) is 5.72 Å². The molecule has 0 radical (unpaired) electrons. The van der Waals surface area contributed by atoms with Gasteiger partial charge >= 0.3 is 5.97 Å². The van der Waals surface area contributed by atoms with Crippen LogP contribution in [0.15, 0.2) is 24.5 Å². The Hall–Kier alpha value is -1.95. The van der Waals surface area contributed by atoms with Crippen LogP contribution in [-0.4, -0.2) is 45.2 Å². The summed E-state index contributed by atoms with van der Waals surface area (Å²) in [6.45, 7) is 0.0569. The Morgan fingerprint density at radius 2 is 2.10 bits per heavy atom. The molecule has 112 valence electrons. The largest absolute Gasteiger partial charge is 0.480 e. The van der Waals surface area contributed by atoms with Crippen molar-refractivity contribution in [2.45, 2.75) is 43.9 Å². The maximum Gasteiger partial charge on any atom is 0.328 e. The molecule has 1 spiro atoms. The summed E-state index contributed by atoms with van der Waals surface area (Å²) in [5.41, 5.74) is -0.354. The van der Waals surface area contributed by atoms with Crippen molar-refractivity contribution in [2.24, 2.45) is 0 Å². The van der Waals surface area contributed by atoms with E-state index in [1.165, 1.54) is 11.1 Å². The molecule has 2 fully saturated rings. The molecule has 6 heteroatoms. The number of hydrogen-bond acceptors (Lipinski definition) is 4. The Bertz CT molecular complexity index is 540. The van der Waals surface area contributed by atoms with E-state index in [0.717, 1.165) is 19.3 Å². The van der Waals surface area contributed by atoms with Gasteiger partial charge in [0.2, 0.25) is 0 Å². The number of rotatable bonds is 2. The summed E-state index contributed by atoms with van der Waals surface area (Å²) in [5.74, 6) is -1.33. The number of carboxylic acids is 1. The average Bonchev–Trinajstić information content (AvgIpc) is 2.87. The number of ether oxygens (including phenoxy) is 1. The first kappa shape index (κ1) is 14.0. The van der Waals surface area contributed by atoms with Crippen molar-refractivity contribution in [3.05, 3.63) is 30.1 Å². The molecule has 1 amide bonds. The zero-order valence-electron chi connectivity index (χ0n) is 11.7. The summed E-state index contributed by atoms with van der Waals surface area (Å²) in [6.07, 6.45) is 7.44. The SMILES string of the molecule is O=C(O)[C@H]1COC2(CCCCC2)N1C(=O)c1cccnc1. The highest BCUT2D eigenvalue weighted by atomic mass is 16.5. The maximum atomic E-state index is 12.8. The van der Waals surface area contributed by atoms with Gasteiger partial charge in [0.05, 0.1) is 12.2 Å². The fourth-order valence-electron chi connectivity index (χ4n) is 3.29. The minimum Gasteiger partial charge on any atom is -0.480 e. The van der Waals surface area contributed by atoms with Crippen LogP contribution in [0.5, 0.6) is 0 Å². The second-order valence-corrected chi connectivity index (χ2v) is 5.59. The summed E-state index contributed by atoms with van der Waals surface area (Å²) in [7, 11) is 0. The third-order valence-electron chi connectivity index (χ3n) is 4.31. The molecule has 2 aliphatic rings. The number of carbonyl (C=O) groups is 2. The Kier molecular flexibility index (Phi) is 3.63. The summed E-state index contributed by atoms with van der Waals surface area (Å²) in [4.78, 5) is 29.6. The number of aromatic nitrogens is 1. The molecule has 1 aromatic heterocycles. The number of aliphatic carboxylic acids is 1. The average molecular weight is 290 g/mol. The van der Waals surface area contributed by atoms with E-state index in [9.17, 15) is 14.7 Å². The maximum absolute atomic E-state index is 12.8. The van der Waals surface area contributed by atoms with Gasteiger partial charge in [-0.3, -0.25) is 14.7 Å². The minimum absolute atomic E-state index is 0.0569. The van der Waals surface area contributed by atoms with Gasteiger partial charge in [-0.1, -0.05) is 6.42 Å². The van der Waals surface area contributed by atoms with Crippen molar-refractivity contribution in [1.82, 2.24) is 9.88 Å². The molecule has 0 bridgehead atoms. The number of carbonyl (C=O) groups excluding carboxylic acids is 1. The third kappa shape index (κ3) is 2.40. The lowest BCUT2D eigenvalue weighted by Gasteiger charge is -2.41. The van der Waals surface area contributed by atoms with E-state index < -0.39 is 17.7 Å². The van der Waals surface area contributed by atoms with E-state index in [0.29, 0.717) is 18.4 Å². The number of amides is 1. The molecular weight excluding hydrogens is 272 g/mol. The van der Waals surface area contributed by atoms with E-state index in [1.54, 1.807) is 18.3 Å². The van der Waals surface area contributed by atoms with Crippen LogP contribution in [0.25, 0.3) is 0 Å². The second kappa shape index (κ2) is 5.44. The van der Waals surface area contributed by atoms with E-state index in [2.05, 4.69) is 4.98 Å². The van der Waals surface area contributed by atoms with Crippen LogP contribution in [0.4, 0.5) is 0 Å². The van der Waals surface area contributed by atoms with Gasteiger partial charge in [0, 0.05) is 12.4 Å². The van der Waals surface area contributed by atoms with Gasteiger partial charge in [-0.2, -0.15) is 0 Å². The van der Waals surface area contributed by atoms with Crippen LogP contribution < -0.4 is 0 Å². The number of pyridine rings is 1. The summed E-state index contributed by atoms with van der Waals surface area (Å²) in [6, 6.07) is 2.41. The highest BCUT2D eigenvalue weighted by Gasteiger charge is 2.53. The highest BCUT2D eigenvalue weighted by Crippen LogP contribution is 2.41. The lowest BCUT2D eigenvalue weighted by atomic mass is 9.89. The molecule has 1 saturated carbocycles. The predicted octanol–water partition coefficient (Wildman–Crippen LogP) is 1.67. The van der Waals surface area contributed by atoms with Crippen LogP contribution in [0.1, 0.15) is 42.5 Å². The lowest BCUT2D eigenvalue weighted by molar-refractivity contribution is -0.143. The molecular formula is C15H18N2O4. The number of carboxylic acid groups (broad SMARTS) is 1. The van der Waals surface area contributed by atoms with Crippen LogP contribution in [-0.2, 0) is 9.53 Å². The number of hydrogen-bond donors (Lipinski definition) is 1. The van der Waals surface area contributed by atoms with Gasteiger partial charge < -0.3 is 9.84 Å². The zero-order valence-corrected chi connectivity index (χ0v) is 11.7. The van der Waals surface area contributed by atoms with Crippen LogP contribution in [0, 0.1) is 0 Å². The molecule has 1 aromatic rings. The Balaban J connectivity index is 1.96. The molecule has 1 atom stereocenters. The third-order valence-corrected chi connectivity index (χ3v) is 4.31. The van der Waals surface area contributed by atoms with E-state index in [4.69, 9.17) is 4.74 Å². The first-order valence-corrected chi connectivity index (χ1v) is 7.24. The standard InChI is InChI=1S/C15H18N2O4/c18-13(11-5-4-8-16-9-11)17-12(14(19)20)10-21-15(17)6-2-1-3-7-15/h4-5,8-9,12H,1-3,6-7,10H2,(H,19,20)/t12-/m1/s1. The lowest BCUT2D eigenvalue weighted by Crippen LogP contribution is -2.54. The van der Waals surface area contributed by atoms with Gasteiger partial charge in [0.25, 0.3) is 5.91 Å². The topological polar surface area (TPSA) is 79.7 Å². The van der Waals surface area contributed by atoms with E-state index >= 15 is 0 Å². The van der Waals surface area contributed by atoms with Crippen molar-refractivity contribution < 1.29 is 19.4 Å². The molecule has 3 rings (SSSR count). The van der Waals surface area contributed by atoms with E-state index in [1.807, 2.05) is 0 Å². The van der Waals surface area contributed by atoms with Crippen LogP contribution in [0.3, 0.4) is 0 Å². The number of nitrogens with zero attached hydrogens (tertiary/aromatic N) is 2. The van der Waals surface area contributed by atoms with Crippen molar-refractivity contribution in [3.8, 4) is 0 Å². The van der Waals surface area contributed by atoms with Crippen molar-refractivity contribution in [2.75, 3.05) is 6.61 Å². The molecule has 0 unspecified atom stereocenters. The molecule has 1 aliphatic heterocycles. The molecule has 6 nitrogen and oxygen atoms in total. The van der Waals surface area contributed by atoms with E-state index in [-0.39, 0.29) is 12.5 Å². The quantitative estimate of drug-likeness (QED) is 0.896. The highest BCUT2D eigenvalue weighted by molar-refractivity contribution is 5.97. The fraction of sp³-hybridized carbons (Fsp3) is 0.533. The Morgan fingerprint density at radius 3 is 2.71 bits per heavy atom. The normalized spacial score (nSPS) is 24.2. The van der Waals surface area contributed by atoms with Gasteiger partial charge in [-0.25, -0.2) is 4.79 Å². The minimum atomic E-state index is -1.02. The Labute approximate surface area is 122 Å². The van der Waals surface area contributed by atoms with Crippen molar-refractivity contribution >= 4 is 11.9 Å². The predicted molar refractivity (Wildman–Crippen MR) is 73.6 cm³/mol. The molecule has 1 saturated heterocycles.